The molecule has 0 saturated carbocycles. The van der Waals surface area contributed by atoms with Gasteiger partial charge in [-0.05, 0) is 63.0 Å². The lowest BCUT2D eigenvalue weighted by atomic mass is 10.2. The summed E-state index contributed by atoms with van der Waals surface area (Å²) in [5.74, 6) is 1.73. The first-order valence-corrected chi connectivity index (χ1v) is 11.7. The van der Waals surface area contributed by atoms with Crippen molar-refractivity contribution in [2.45, 2.75) is 60.5 Å². The van der Waals surface area contributed by atoms with Gasteiger partial charge in [0.15, 0.2) is 0 Å². The van der Waals surface area contributed by atoms with Crippen molar-refractivity contribution in [3.8, 4) is 5.75 Å². The predicted molar refractivity (Wildman–Crippen MR) is 126 cm³/mol. The van der Waals surface area contributed by atoms with Crippen LogP contribution in [0.3, 0.4) is 0 Å². The Morgan fingerprint density at radius 2 is 1.80 bits per heavy atom. The Balaban J connectivity index is 1.80. The van der Waals surface area contributed by atoms with E-state index in [-0.39, 0.29) is 5.56 Å². The van der Waals surface area contributed by atoms with E-state index in [0.29, 0.717) is 19.7 Å². The number of hydrogen-bond acceptors (Lipinski definition) is 5. The number of aromatic nitrogens is 2. The molecule has 0 amide bonds. The van der Waals surface area contributed by atoms with Crippen LogP contribution in [0.1, 0.15) is 49.0 Å². The van der Waals surface area contributed by atoms with Crippen LogP contribution in [0.25, 0.3) is 10.2 Å². The van der Waals surface area contributed by atoms with Crippen molar-refractivity contribution in [1.29, 1.82) is 0 Å². The maximum Gasteiger partial charge on any atom is 0.262 e. The Hall–Kier alpha value is -2.18. The zero-order valence-electron chi connectivity index (χ0n) is 18.8. The van der Waals surface area contributed by atoms with Gasteiger partial charge in [0.2, 0.25) is 0 Å². The third kappa shape index (κ3) is 4.93. The Morgan fingerprint density at radius 3 is 2.43 bits per heavy atom. The molecule has 5 nitrogen and oxygen atoms in total. The first-order valence-electron chi connectivity index (χ1n) is 10.9. The van der Waals surface area contributed by atoms with Crippen LogP contribution in [0.4, 0.5) is 0 Å². The molecule has 30 heavy (non-hydrogen) atoms. The van der Waals surface area contributed by atoms with Crippen molar-refractivity contribution in [2.24, 2.45) is 0 Å². The molecule has 0 aliphatic heterocycles. The fourth-order valence-corrected chi connectivity index (χ4v) is 4.64. The van der Waals surface area contributed by atoms with Gasteiger partial charge in [0.1, 0.15) is 16.4 Å². The normalized spacial score (nSPS) is 11.5. The van der Waals surface area contributed by atoms with Gasteiger partial charge in [-0.25, -0.2) is 4.98 Å². The van der Waals surface area contributed by atoms with E-state index in [2.05, 4.69) is 44.7 Å². The summed E-state index contributed by atoms with van der Waals surface area (Å²) >= 11 is 1.62. The highest BCUT2D eigenvalue weighted by Crippen LogP contribution is 2.26. The lowest BCUT2D eigenvalue weighted by Crippen LogP contribution is -2.31. The van der Waals surface area contributed by atoms with Crippen LogP contribution in [0.5, 0.6) is 5.75 Å². The summed E-state index contributed by atoms with van der Waals surface area (Å²) in [6, 6.07) is 8.23. The summed E-state index contributed by atoms with van der Waals surface area (Å²) in [6.07, 6.45) is 1.78. The van der Waals surface area contributed by atoms with Crippen LogP contribution in [-0.2, 0) is 19.5 Å². The molecule has 0 aliphatic carbocycles. The van der Waals surface area contributed by atoms with Gasteiger partial charge in [-0.1, -0.05) is 32.9 Å². The minimum Gasteiger partial charge on any atom is -0.494 e. The van der Waals surface area contributed by atoms with Gasteiger partial charge < -0.3 is 4.74 Å². The molecule has 0 spiro atoms. The van der Waals surface area contributed by atoms with E-state index < -0.39 is 0 Å². The van der Waals surface area contributed by atoms with E-state index in [0.717, 1.165) is 53.3 Å². The van der Waals surface area contributed by atoms with Crippen molar-refractivity contribution >= 4 is 21.6 Å². The lowest BCUT2D eigenvalue weighted by molar-refractivity contribution is 0.274. The molecule has 6 heteroatoms. The lowest BCUT2D eigenvalue weighted by Gasteiger charge is -2.20. The molecule has 0 atom stereocenters. The van der Waals surface area contributed by atoms with Crippen LogP contribution in [-0.4, -0.2) is 34.1 Å². The molecule has 0 aliphatic rings. The van der Waals surface area contributed by atoms with Crippen molar-refractivity contribution in [3.05, 3.63) is 56.4 Å². The van der Waals surface area contributed by atoms with Crippen LogP contribution in [0, 0.1) is 13.8 Å². The van der Waals surface area contributed by atoms with Gasteiger partial charge >= 0.3 is 0 Å². The second kappa shape index (κ2) is 10.2. The Bertz CT molecular complexity index is 1030. The van der Waals surface area contributed by atoms with E-state index in [1.807, 2.05) is 23.6 Å². The first-order chi connectivity index (χ1) is 14.5. The number of nitrogens with zero attached hydrogens (tertiary/aromatic N) is 3. The minimum absolute atomic E-state index is 0.0799. The van der Waals surface area contributed by atoms with Crippen molar-refractivity contribution in [3.63, 3.8) is 0 Å². The average Bonchev–Trinajstić information content (AvgIpc) is 3.04. The van der Waals surface area contributed by atoms with E-state index >= 15 is 0 Å². The number of rotatable bonds is 10. The van der Waals surface area contributed by atoms with Gasteiger partial charge in [-0.2, -0.15) is 0 Å². The SMILES string of the molecule is CCc1ccc(OCCCn2c(CN(CC)CC)nc3sc(C)c(C)c3c2=O)cc1. The number of aryl methyl sites for hydroxylation is 3. The summed E-state index contributed by atoms with van der Waals surface area (Å²) < 4.78 is 7.77. The number of hydrogen-bond donors (Lipinski definition) is 0. The highest BCUT2D eigenvalue weighted by atomic mass is 32.1. The van der Waals surface area contributed by atoms with Crippen LogP contribution in [0.15, 0.2) is 29.1 Å². The number of ether oxygens (including phenoxy) is 1. The Morgan fingerprint density at radius 1 is 1.10 bits per heavy atom. The highest BCUT2D eigenvalue weighted by molar-refractivity contribution is 7.18. The minimum atomic E-state index is 0.0799. The van der Waals surface area contributed by atoms with E-state index in [1.54, 1.807) is 11.3 Å². The molecule has 3 rings (SSSR count). The maximum absolute atomic E-state index is 13.3. The fraction of sp³-hybridized carbons (Fsp3) is 0.500. The molecule has 162 valence electrons. The molecule has 0 N–H and O–H groups in total. The highest BCUT2D eigenvalue weighted by Gasteiger charge is 2.17. The third-order valence-corrected chi connectivity index (χ3v) is 6.85. The van der Waals surface area contributed by atoms with Gasteiger partial charge in [0, 0.05) is 11.4 Å². The third-order valence-electron chi connectivity index (χ3n) is 5.75. The van der Waals surface area contributed by atoms with Crippen molar-refractivity contribution in [2.75, 3.05) is 19.7 Å². The average molecular weight is 428 g/mol. The largest absolute Gasteiger partial charge is 0.494 e. The molecule has 0 bridgehead atoms. The molecule has 1 aromatic carbocycles. The Kier molecular flexibility index (Phi) is 7.67. The topological polar surface area (TPSA) is 47.4 Å². The predicted octanol–water partition coefficient (Wildman–Crippen LogP) is 4.95. The summed E-state index contributed by atoms with van der Waals surface area (Å²) in [6.45, 7) is 14.2. The van der Waals surface area contributed by atoms with Gasteiger partial charge in [-0.15, -0.1) is 11.3 Å². The van der Waals surface area contributed by atoms with Crippen molar-refractivity contribution in [1.82, 2.24) is 14.5 Å². The number of benzene rings is 1. The quantitative estimate of drug-likeness (QED) is 0.430. The molecule has 0 unspecified atom stereocenters. The molecule has 3 aromatic rings. The molecule has 0 radical (unpaired) electrons. The molecule has 2 aromatic heterocycles. The monoisotopic (exact) mass is 427 g/mol. The maximum atomic E-state index is 13.3. The molecule has 2 heterocycles. The summed E-state index contributed by atoms with van der Waals surface area (Å²) in [4.78, 5) is 22.6. The van der Waals surface area contributed by atoms with Crippen LogP contribution < -0.4 is 10.3 Å². The summed E-state index contributed by atoms with van der Waals surface area (Å²) in [5.41, 5.74) is 2.44. The smallest absolute Gasteiger partial charge is 0.262 e. The molecular weight excluding hydrogens is 394 g/mol. The van der Waals surface area contributed by atoms with E-state index in [9.17, 15) is 4.79 Å². The second-order valence-electron chi connectivity index (χ2n) is 7.61. The van der Waals surface area contributed by atoms with Crippen LogP contribution >= 0.6 is 11.3 Å². The van der Waals surface area contributed by atoms with E-state index in [1.165, 1.54) is 10.4 Å². The van der Waals surface area contributed by atoms with Crippen LogP contribution in [0.2, 0.25) is 0 Å². The molecule has 0 saturated heterocycles. The number of thiophene rings is 1. The second-order valence-corrected chi connectivity index (χ2v) is 8.81. The first kappa shape index (κ1) is 22.5. The summed E-state index contributed by atoms with van der Waals surface area (Å²) in [7, 11) is 0. The summed E-state index contributed by atoms with van der Waals surface area (Å²) in [5, 5.41) is 0.775. The zero-order chi connectivity index (χ0) is 21.7. The van der Waals surface area contributed by atoms with E-state index in [4.69, 9.17) is 9.72 Å². The zero-order valence-corrected chi connectivity index (χ0v) is 19.6. The molecular formula is C24H33N3O2S. The standard InChI is InChI=1S/C24H33N3O2S/c1-6-19-10-12-20(13-11-19)29-15-9-14-27-21(16-26(7-2)8-3)25-23-22(24(27)28)17(4)18(5)30-23/h10-13H,6-9,14-16H2,1-5H3. The Labute approximate surface area is 183 Å². The van der Waals surface area contributed by atoms with Gasteiger partial charge in [-0.3, -0.25) is 14.3 Å². The number of fused-ring (bicyclic) bond motifs is 1. The molecule has 0 fully saturated rings. The fourth-order valence-electron chi connectivity index (χ4n) is 3.60. The van der Waals surface area contributed by atoms with Gasteiger partial charge in [0.05, 0.1) is 18.5 Å². The van der Waals surface area contributed by atoms with Gasteiger partial charge in [0.25, 0.3) is 5.56 Å². The van der Waals surface area contributed by atoms with Crippen molar-refractivity contribution < 1.29 is 4.74 Å².